The Hall–Kier alpha value is -0.610. The van der Waals surface area contributed by atoms with Gasteiger partial charge in [-0.1, -0.05) is 0 Å². The van der Waals surface area contributed by atoms with E-state index < -0.39 is 0 Å². The van der Waals surface area contributed by atoms with Crippen molar-refractivity contribution in [2.75, 3.05) is 26.2 Å². The van der Waals surface area contributed by atoms with Gasteiger partial charge >= 0.3 is 0 Å². The first-order valence-electron chi connectivity index (χ1n) is 5.93. The van der Waals surface area contributed by atoms with Crippen LogP contribution in [-0.4, -0.2) is 48.2 Å². The number of hydrogen-bond donors (Lipinski definition) is 2. The molecule has 0 spiro atoms. The Morgan fingerprint density at radius 2 is 2.07 bits per heavy atom. The fourth-order valence-corrected chi connectivity index (χ4v) is 3.14. The van der Waals surface area contributed by atoms with E-state index in [1.54, 1.807) is 0 Å². The molecule has 84 valence electrons. The van der Waals surface area contributed by atoms with Gasteiger partial charge in [-0.2, -0.15) is 0 Å². The molecule has 3 atom stereocenters. The topological polar surface area (TPSA) is 52.6 Å². The number of amides is 1. The molecule has 0 aromatic heterocycles. The number of fused-ring (bicyclic) bond motifs is 1. The zero-order valence-electron chi connectivity index (χ0n) is 8.85. The second-order valence-corrected chi connectivity index (χ2v) is 5.17. The summed E-state index contributed by atoms with van der Waals surface area (Å²) in [6.45, 7) is 3.36. The standard InChI is InChI=1S/C11H18N2O2/c14-10-2-1-7-5-13(6-9(7)10)11(15)8-3-12-4-8/h7-10,12,14H,1-6H2. The largest absolute Gasteiger partial charge is 0.393 e. The monoisotopic (exact) mass is 210 g/mol. The zero-order valence-corrected chi connectivity index (χ0v) is 8.85. The second-order valence-electron chi connectivity index (χ2n) is 5.17. The van der Waals surface area contributed by atoms with Crippen LogP contribution in [0.1, 0.15) is 12.8 Å². The quantitative estimate of drug-likeness (QED) is 0.610. The van der Waals surface area contributed by atoms with Crippen molar-refractivity contribution in [2.24, 2.45) is 17.8 Å². The summed E-state index contributed by atoms with van der Waals surface area (Å²) in [5.74, 6) is 1.44. The lowest BCUT2D eigenvalue weighted by Gasteiger charge is -2.30. The molecule has 4 nitrogen and oxygen atoms in total. The van der Waals surface area contributed by atoms with Gasteiger partial charge in [-0.25, -0.2) is 0 Å². The van der Waals surface area contributed by atoms with Crippen LogP contribution in [0.25, 0.3) is 0 Å². The number of aliphatic hydroxyl groups excluding tert-OH is 1. The highest BCUT2D eigenvalue weighted by Crippen LogP contribution is 2.38. The van der Waals surface area contributed by atoms with Gasteiger partial charge < -0.3 is 15.3 Å². The highest BCUT2D eigenvalue weighted by molar-refractivity contribution is 5.80. The number of nitrogens with one attached hydrogen (secondary N) is 1. The predicted molar refractivity (Wildman–Crippen MR) is 55.2 cm³/mol. The summed E-state index contributed by atoms with van der Waals surface area (Å²) in [4.78, 5) is 13.9. The number of hydrogen-bond acceptors (Lipinski definition) is 3. The van der Waals surface area contributed by atoms with E-state index in [-0.39, 0.29) is 12.0 Å². The molecular weight excluding hydrogens is 192 g/mol. The first-order chi connectivity index (χ1) is 7.25. The van der Waals surface area contributed by atoms with Crippen molar-refractivity contribution in [3.63, 3.8) is 0 Å². The molecular formula is C11H18N2O2. The van der Waals surface area contributed by atoms with Crippen molar-refractivity contribution in [3.05, 3.63) is 0 Å². The maximum atomic E-state index is 12.0. The Balaban J connectivity index is 1.63. The number of likely N-dealkylation sites (tertiary alicyclic amines) is 1. The van der Waals surface area contributed by atoms with Gasteiger partial charge in [0.2, 0.25) is 5.91 Å². The molecule has 0 aromatic carbocycles. The lowest BCUT2D eigenvalue weighted by atomic mass is 10.00. The molecule has 2 aliphatic heterocycles. The van der Waals surface area contributed by atoms with E-state index in [1.165, 1.54) is 0 Å². The third-order valence-electron chi connectivity index (χ3n) is 4.26. The lowest BCUT2D eigenvalue weighted by molar-refractivity contribution is -0.136. The summed E-state index contributed by atoms with van der Waals surface area (Å²) in [5, 5.41) is 12.9. The molecule has 2 saturated heterocycles. The fourth-order valence-electron chi connectivity index (χ4n) is 3.14. The SMILES string of the molecule is O=C(C1CNC1)N1CC2CCC(O)C2C1. The third-order valence-corrected chi connectivity index (χ3v) is 4.26. The van der Waals surface area contributed by atoms with Crippen LogP contribution in [0.3, 0.4) is 0 Å². The Bertz CT molecular complexity index is 278. The molecule has 3 aliphatic rings. The molecule has 3 rings (SSSR count). The minimum Gasteiger partial charge on any atom is -0.393 e. The summed E-state index contributed by atoms with van der Waals surface area (Å²) in [6.07, 6.45) is 1.87. The summed E-state index contributed by atoms with van der Waals surface area (Å²) in [7, 11) is 0. The molecule has 1 saturated carbocycles. The summed E-state index contributed by atoms with van der Waals surface area (Å²) < 4.78 is 0. The van der Waals surface area contributed by atoms with Crippen molar-refractivity contribution >= 4 is 5.91 Å². The minimum absolute atomic E-state index is 0.160. The van der Waals surface area contributed by atoms with Crippen LogP contribution in [0.2, 0.25) is 0 Å². The van der Waals surface area contributed by atoms with Gasteiger partial charge in [0.15, 0.2) is 0 Å². The highest BCUT2D eigenvalue weighted by Gasteiger charge is 2.44. The van der Waals surface area contributed by atoms with Gasteiger partial charge in [0, 0.05) is 32.1 Å². The number of carbonyl (C=O) groups excluding carboxylic acids is 1. The lowest BCUT2D eigenvalue weighted by Crippen LogP contribution is -2.51. The van der Waals surface area contributed by atoms with Crippen LogP contribution in [0.5, 0.6) is 0 Å². The van der Waals surface area contributed by atoms with Crippen LogP contribution in [-0.2, 0) is 4.79 Å². The van der Waals surface area contributed by atoms with E-state index in [4.69, 9.17) is 0 Å². The number of aliphatic hydroxyl groups is 1. The van der Waals surface area contributed by atoms with Crippen molar-refractivity contribution < 1.29 is 9.90 Å². The molecule has 2 heterocycles. The van der Waals surface area contributed by atoms with E-state index in [2.05, 4.69) is 5.32 Å². The number of carbonyl (C=O) groups is 1. The van der Waals surface area contributed by atoms with Crippen LogP contribution < -0.4 is 5.32 Å². The van der Waals surface area contributed by atoms with Crippen molar-refractivity contribution in [2.45, 2.75) is 18.9 Å². The molecule has 3 unspecified atom stereocenters. The van der Waals surface area contributed by atoms with Crippen LogP contribution in [0, 0.1) is 17.8 Å². The van der Waals surface area contributed by atoms with E-state index in [0.29, 0.717) is 17.7 Å². The number of rotatable bonds is 1. The molecule has 1 aliphatic carbocycles. The average molecular weight is 210 g/mol. The van der Waals surface area contributed by atoms with Gasteiger partial charge in [0.25, 0.3) is 0 Å². The molecule has 3 fully saturated rings. The van der Waals surface area contributed by atoms with Crippen LogP contribution in [0.15, 0.2) is 0 Å². The first-order valence-corrected chi connectivity index (χ1v) is 5.93. The van der Waals surface area contributed by atoms with Gasteiger partial charge in [-0.3, -0.25) is 4.79 Å². The van der Waals surface area contributed by atoms with Gasteiger partial charge in [0.05, 0.1) is 12.0 Å². The van der Waals surface area contributed by atoms with Crippen LogP contribution in [0.4, 0.5) is 0 Å². The maximum Gasteiger partial charge on any atom is 0.228 e. The average Bonchev–Trinajstić information content (AvgIpc) is 2.65. The summed E-state index contributed by atoms with van der Waals surface area (Å²) in [5.41, 5.74) is 0. The zero-order chi connectivity index (χ0) is 10.4. The second kappa shape index (κ2) is 3.46. The predicted octanol–water partition coefficient (Wildman–Crippen LogP) is -0.565. The highest BCUT2D eigenvalue weighted by atomic mass is 16.3. The van der Waals surface area contributed by atoms with Gasteiger partial charge in [-0.05, 0) is 18.8 Å². The molecule has 0 aromatic rings. The molecule has 4 heteroatoms. The van der Waals surface area contributed by atoms with Crippen molar-refractivity contribution in [1.29, 1.82) is 0 Å². The van der Waals surface area contributed by atoms with E-state index in [0.717, 1.165) is 39.0 Å². The molecule has 0 bridgehead atoms. The fraction of sp³-hybridized carbons (Fsp3) is 0.909. The van der Waals surface area contributed by atoms with E-state index >= 15 is 0 Å². The number of nitrogens with zero attached hydrogens (tertiary/aromatic N) is 1. The Morgan fingerprint density at radius 3 is 2.67 bits per heavy atom. The normalized spacial score (nSPS) is 40.3. The third kappa shape index (κ3) is 1.47. The van der Waals surface area contributed by atoms with Gasteiger partial charge in [-0.15, -0.1) is 0 Å². The molecule has 1 amide bonds. The van der Waals surface area contributed by atoms with E-state index in [9.17, 15) is 9.90 Å². The van der Waals surface area contributed by atoms with Crippen molar-refractivity contribution in [1.82, 2.24) is 10.2 Å². The molecule has 15 heavy (non-hydrogen) atoms. The van der Waals surface area contributed by atoms with Crippen LogP contribution >= 0.6 is 0 Å². The summed E-state index contributed by atoms with van der Waals surface area (Å²) in [6, 6.07) is 0. The Labute approximate surface area is 89.6 Å². The Morgan fingerprint density at radius 1 is 1.27 bits per heavy atom. The Kier molecular flexibility index (Phi) is 2.21. The smallest absolute Gasteiger partial charge is 0.228 e. The molecule has 2 N–H and O–H groups in total. The maximum absolute atomic E-state index is 12.0. The summed E-state index contributed by atoms with van der Waals surface area (Å²) >= 11 is 0. The first kappa shape index (κ1) is 9.60. The molecule has 0 radical (unpaired) electrons. The minimum atomic E-state index is -0.160. The van der Waals surface area contributed by atoms with E-state index in [1.807, 2.05) is 4.90 Å². The van der Waals surface area contributed by atoms with Crippen molar-refractivity contribution in [3.8, 4) is 0 Å². The van der Waals surface area contributed by atoms with Gasteiger partial charge in [0.1, 0.15) is 0 Å².